The first-order valence-corrected chi connectivity index (χ1v) is 3.17. The van der Waals surface area contributed by atoms with Crippen LogP contribution in [0.15, 0.2) is 4.99 Å². The predicted molar refractivity (Wildman–Crippen MR) is 34.0 cm³/mol. The molecule has 0 spiro atoms. The normalized spacial score (nSPS) is 11.0. The van der Waals surface area contributed by atoms with Gasteiger partial charge in [-0.3, -0.25) is 4.79 Å². The van der Waals surface area contributed by atoms with E-state index in [1.54, 1.807) is 6.26 Å². The third kappa shape index (κ3) is 2.63. The fourth-order valence-corrected chi connectivity index (χ4v) is 0.547. The van der Waals surface area contributed by atoms with E-state index in [-0.39, 0.29) is 0 Å². The minimum Gasteiger partial charge on any atom is -0.476 e. The molecule has 3 nitrogen and oxygen atoms in total. The quantitative estimate of drug-likeness (QED) is 0.297. The Balaban J connectivity index is 3.66. The molecule has 1 amide bonds. The zero-order valence-electron chi connectivity index (χ0n) is 4.75. The van der Waals surface area contributed by atoms with E-state index in [9.17, 15) is 4.79 Å². The summed E-state index contributed by atoms with van der Waals surface area (Å²) >= 11 is 1.29. The average Bonchev–Trinajstić information content (AvgIpc) is 1.83. The highest BCUT2D eigenvalue weighted by atomic mass is 32.2. The number of hydrogen-bond acceptors (Lipinski definition) is 3. The minimum absolute atomic E-state index is 0.389. The number of rotatable bonds is 1. The van der Waals surface area contributed by atoms with Crippen molar-refractivity contribution < 1.29 is 9.53 Å². The van der Waals surface area contributed by atoms with Crippen molar-refractivity contribution in [2.24, 2.45) is 4.99 Å². The monoisotopic (exact) mass is 133 g/mol. The molecular weight excluding hydrogens is 126 g/mol. The highest BCUT2D eigenvalue weighted by Gasteiger charge is 1.88. The van der Waals surface area contributed by atoms with Gasteiger partial charge in [0.15, 0.2) is 0 Å². The van der Waals surface area contributed by atoms with Gasteiger partial charge in [-0.25, -0.2) is 0 Å². The summed E-state index contributed by atoms with van der Waals surface area (Å²) in [7, 11) is 1.47. The number of amides is 1. The van der Waals surface area contributed by atoms with Crippen LogP contribution < -0.4 is 0 Å². The first-order chi connectivity index (χ1) is 3.85. The van der Waals surface area contributed by atoms with Crippen molar-refractivity contribution in [1.29, 1.82) is 0 Å². The standard InChI is InChI=1S/C4H7NO2S/c1-7-4(8-2)5-3-6/h3H,1-2H3. The van der Waals surface area contributed by atoms with E-state index in [0.717, 1.165) is 0 Å². The molecule has 0 unspecified atom stereocenters. The molecule has 46 valence electrons. The number of ether oxygens (including phenoxy) is 1. The molecule has 0 bridgehead atoms. The number of thioether (sulfide) groups is 1. The maximum absolute atomic E-state index is 9.65. The molecule has 0 aromatic carbocycles. The molecule has 0 aromatic heterocycles. The van der Waals surface area contributed by atoms with E-state index in [2.05, 4.69) is 9.73 Å². The van der Waals surface area contributed by atoms with Crippen LogP contribution in [0, 0.1) is 0 Å². The van der Waals surface area contributed by atoms with Crippen LogP contribution in [0.25, 0.3) is 0 Å². The Hall–Kier alpha value is -0.510. The lowest BCUT2D eigenvalue weighted by atomic mass is 11.3. The molecule has 0 aromatic rings. The smallest absolute Gasteiger partial charge is 0.252 e. The second-order valence-corrected chi connectivity index (χ2v) is 1.67. The van der Waals surface area contributed by atoms with Gasteiger partial charge in [-0.2, -0.15) is 4.99 Å². The SMILES string of the molecule is COC(=NC=O)SC. The van der Waals surface area contributed by atoms with Gasteiger partial charge in [0.25, 0.3) is 5.23 Å². The lowest BCUT2D eigenvalue weighted by Gasteiger charge is -1.93. The van der Waals surface area contributed by atoms with E-state index < -0.39 is 0 Å². The molecule has 0 rings (SSSR count). The molecule has 0 heterocycles. The Labute approximate surface area is 52.1 Å². The van der Waals surface area contributed by atoms with Crippen molar-refractivity contribution in [2.45, 2.75) is 0 Å². The van der Waals surface area contributed by atoms with E-state index in [1.807, 2.05) is 0 Å². The highest BCUT2D eigenvalue weighted by Crippen LogP contribution is 1.95. The molecule has 0 aliphatic rings. The number of aliphatic imine (C=N–C) groups is 1. The Morgan fingerprint density at radius 1 is 1.88 bits per heavy atom. The first kappa shape index (κ1) is 7.49. The minimum atomic E-state index is 0.389. The first-order valence-electron chi connectivity index (χ1n) is 1.94. The van der Waals surface area contributed by atoms with Crippen molar-refractivity contribution >= 4 is 23.4 Å². The second kappa shape index (κ2) is 4.64. The van der Waals surface area contributed by atoms with E-state index in [0.29, 0.717) is 11.6 Å². The van der Waals surface area contributed by atoms with Gasteiger partial charge in [-0.05, 0) is 6.26 Å². The van der Waals surface area contributed by atoms with Crippen molar-refractivity contribution in [3.63, 3.8) is 0 Å². The third-order valence-corrected chi connectivity index (χ3v) is 1.13. The van der Waals surface area contributed by atoms with Gasteiger partial charge in [-0.15, -0.1) is 0 Å². The molecule has 0 N–H and O–H groups in total. The van der Waals surface area contributed by atoms with Crippen LogP contribution in [0.3, 0.4) is 0 Å². The van der Waals surface area contributed by atoms with Crippen molar-refractivity contribution in [3.05, 3.63) is 0 Å². The topological polar surface area (TPSA) is 38.7 Å². The van der Waals surface area contributed by atoms with Crippen LogP contribution in [0.4, 0.5) is 0 Å². The summed E-state index contributed by atoms with van der Waals surface area (Å²) in [5.74, 6) is 0. The maximum Gasteiger partial charge on any atom is 0.252 e. The Morgan fingerprint density at radius 2 is 2.50 bits per heavy atom. The van der Waals surface area contributed by atoms with E-state index in [4.69, 9.17) is 0 Å². The molecule has 4 heteroatoms. The zero-order valence-corrected chi connectivity index (χ0v) is 5.57. The summed E-state index contributed by atoms with van der Waals surface area (Å²) in [6.45, 7) is 0. The number of carbonyl (C=O) groups excluding carboxylic acids is 1. The lowest BCUT2D eigenvalue weighted by Crippen LogP contribution is -1.92. The van der Waals surface area contributed by atoms with Crippen LogP contribution in [0.5, 0.6) is 0 Å². The molecule has 8 heavy (non-hydrogen) atoms. The lowest BCUT2D eigenvalue weighted by molar-refractivity contribution is -0.106. The largest absolute Gasteiger partial charge is 0.476 e. The van der Waals surface area contributed by atoms with Gasteiger partial charge < -0.3 is 4.74 Å². The average molecular weight is 133 g/mol. The van der Waals surface area contributed by atoms with E-state index in [1.165, 1.54) is 18.9 Å². The summed E-state index contributed by atoms with van der Waals surface area (Å²) in [5.41, 5.74) is 0. The molecule has 0 radical (unpaired) electrons. The second-order valence-electron chi connectivity index (χ2n) is 0.909. The van der Waals surface area contributed by atoms with Gasteiger partial charge in [0, 0.05) is 0 Å². The molecule has 0 fully saturated rings. The molecule has 0 aliphatic heterocycles. The molecule has 0 atom stereocenters. The fraction of sp³-hybridized carbons (Fsp3) is 0.500. The van der Waals surface area contributed by atoms with Gasteiger partial charge in [0.1, 0.15) is 0 Å². The van der Waals surface area contributed by atoms with Crippen LogP contribution >= 0.6 is 11.8 Å². The van der Waals surface area contributed by atoms with Crippen LogP contribution in [-0.2, 0) is 9.53 Å². The fourth-order valence-electron chi connectivity index (χ4n) is 0.232. The van der Waals surface area contributed by atoms with Crippen molar-refractivity contribution in [3.8, 4) is 0 Å². The van der Waals surface area contributed by atoms with Crippen molar-refractivity contribution in [1.82, 2.24) is 0 Å². The zero-order chi connectivity index (χ0) is 6.41. The summed E-state index contributed by atoms with van der Waals surface area (Å²) in [5, 5.41) is 0.389. The Bertz CT molecular complexity index is 96.2. The molecular formula is C4H7NO2S. The maximum atomic E-state index is 9.65. The van der Waals surface area contributed by atoms with Gasteiger partial charge in [0.05, 0.1) is 7.11 Å². The van der Waals surface area contributed by atoms with Crippen LogP contribution in [0.1, 0.15) is 0 Å². The van der Waals surface area contributed by atoms with Crippen LogP contribution in [-0.4, -0.2) is 25.0 Å². The van der Waals surface area contributed by atoms with E-state index >= 15 is 0 Å². The number of hydrogen-bond donors (Lipinski definition) is 0. The molecule has 0 saturated carbocycles. The number of carbonyl (C=O) groups is 1. The van der Waals surface area contributed by atoms with Crippen LogP contribution in [0.2, 0.25) is 0 Å². The number of nitrogens with zero attached hydrogens (tertiary/aromatic N) is 1. The Kier molecular flexibility index (Phi) is 4.35. The highest BCUT2D eigenvalue weighted by molar-refractivity contribution is 8.12. The summed E-state index contributed by atoms with van der Waals surface area (Å²) in [6, 6.07) is 0. The predicted octanol–water partition coefficient (Wildman–Crippen LogP) is 0.508. The number of methoxy groups -OCH3 is 1. The third-order valence-electron chi connectivity index (χ3n) is 0.507. The van der Waals surface area contributed by atoms with Gasteiger partial charge in [-0.1, -0.05) is 11.8 Å². The molecule has 0 aliphatic carbocycles. The van der Waals surface area contributed by atoms with Crippen molar-refractivity contribution in [2.75, 3.05) is 13.4 Å². The summed E-state index contributed by atoms with van der Waals surface area (Å²) in [6.07, 6.45) is 2.24. The van der Waals surface area contributed by atoms with Gasteiger partial charge in [0.2, 0.25) is 6.41 Å². The summed E-state index contributed by atoms with van der Waals surface area (Å²) < 4.78 is 4.62. The Morgan fingerprint density at radius 3 is 2.62 bits per heavy atom. The molecule has 0 saturated heterocycles. The summed E-state index contributed by atoms with van der Waals surface area (Å²) in [4.78, 5) is 13.0. The van der Waals surface area contributed by atoms with Gasteiger partial charge >= 0.3 is 0 Å².